The van der Waals surface area contributed by atoms with E-state index >= 15 is 0 Å². The molecule has 1 N–H and O–H groups in total. The normalized spacial score (nSPS) is 14.6. The minimum atomic E-state index is -0.762. The molecule has 1 nitrogen and oxygen atoms in total. The number of halogens is 2. The second kappa shape index (κ2) is 6.70. The summed E-state index contributed by atoms with van der Waals surface area (Å²) in [5, 5.41) is 3.34. The molecule has 0 fully saturated rings. The molecule has 0 saturated heterocycles. The van der Waals surface area contributed by atoms with E-state index in [1.807, 2.05) is 6.92 Å². The highest BCUT2D eigenvalue weighted by atomic mass is 19.2. The molecule has 0 aliphatic heterocycles. The molecule has 1 aromatic carbocycles. The fraction of sp³-hybridized carbons (Fsp3) is 0.571. The van der Waals surface area contributed by atoms with Gasteiger partial charge in [-0.15, -0.1) is 0 Å². The zero-order valence-electron chi connectivity index (χ0n) is 10.8. The van der Waals surface area contributed by atoms with E-state index < -0.39 is 11.6 Å². The molecular formula is C14H21F2N. The van der Waals surface area contributed by atoms with Crippen molar-refractivity contribution in [1.29, 1.82) is 0 Å². The third kappa shape index (κ3) is 3.77. The molecule has 3 heteroatoms. The zero-order valence-corrected chi connectivity index (χ0v) is 10.8. The van der Waals surface area contributed by atoms with Crippen molar-refractivity contribution in [3.8, 4) is 0 Å². The Bertz CT molecular complexity index is 352. The molecule has 2 atom stereocenters. The van der Waals surface area contributed by atoms with Crippen LogP contribution in [0.1, 0.15) is 32.8 Å². The number of benzene rings is 1. The SMILES string of the molecule is CCNC(Cc1cccc(F)c1F)C(C)CC. The van der Waals surface area contributed by atoms with E-state index in [-0.39, 0.29) is 6.04 Å². The van der Waals surface area contributed by atoms with Gasteiger partial charge in [-0.25, -0.2) is 8.78 Å². The van der Waals surface area contributed by atoms with Crippen LogP contribution in [0.15, 0.2) is 18.2 Å². The third-order valence-corrected chi connectivity index (χ3v) is 3.27. The van der Waals surface area contributed by atoms with E-state index in [2.05, 4.69) is 19.2 Å². The average Bonchev–Trinajstić information content (AvgIpc) is 2.33. The Balaban J connectivity index is 2.82. The van der Waals surface area contributed by atoms with Gasteiger partial charge < -0.3 is 5.32 Å². The van der Waals surface area contributed by atoms with Crippen LogP contribution in [0.2, 0.25) is 0 Å². The highest BCUT2D eigenvalue weighted by Gasteiger charge is 2.18. The Labute approximate surface area is 102 Å². The first-order chi connectivity index (χ1) is 8.10. The van der Waals surface area contributed by atoms with E-state index in [1.165, 1.54) is 0 Å². The number of nitrogens with one attached hydrogen (secondary N) is 1. The van der Waals surface area contributed by atoms with Crippen LogP contribution in [0.5, 0.6) is 0 Å². The van der Waals surface area contributed by atoms with Gasteiger partial charge in [0.1, 0.15) is 0 Å². The molecule has 1 aromatic rings. The van der Waals surface area contributed by atoms with Gasteiger partial charge in [0.25, 0.3) is 0 Å². The lowest BCUT2D eigenvalue weighted by Gasteiger charge is -2.24. The van der Waals surface area contributed by atoms with E-state index in [0.29, 0.717) is 17.9 Å². The largest absolute Gasteiger partial charge is 0.314 e. The van der Waals surface area contributed by atoms with Crippen molar-refractivity contribution in [3.63, 3.8) is 0 Å². The van der Waals surface area contributed by atoms with Crippen LogP contribution in [0.3, 0.4) is 0 Å². The van der Waals surface area contributed by atoms with Crippen LogP contribution in [0.4, 0.5) is 8.78 Å². The molecule has 0 aromatic heterocycles. The van der Waals surface area contributed by atoms with Crippen molar-refractivity contribution in [3.05, 3.63) is 35.4 Å². The van der Waals surface area contributed by atoms with Gasteiger partial charge in [0.05, 0.1) is 0 Å². The topological polar surface area (TPSA) is 12.0 Å². The summed E-state index contributed by atoms with van der Waals surface area (Å²) in [5.74, 6) is -1.03. The Kier molecular flexibility index (Phi) is 5.56. The van der Waals surface area contributed by atoms with Crippen LogP contribution < -0.4 is 5.32 Å². The first-order valence-corrected chi connectivity index (χ1v) is 6.26. The Morgan fingerprint density at radius 3 is 2.53 bits per heavy atom. The summed E-state index contributed by atoms with van der Waals surface area (Å²) in [6.45, 7) is 7.10. The van der Waals surface area contributed by atoms with Crippen LogP contribution >= 0.6 is 0 Å². The van der Waals surface area contributed by atoms with Crippen LogP contribution in [0.25, 0.3) is 0 Å². The van der Waals surface area contributed by atoms with Crippen molar-refractivity contribution in [1.82, 2.24) is 5.32 Å². The average molecular weight is 241 g/mol. The fourth-order valence-electron chi connectivity index (χ4n) is 1.96. The molecule has 0 aliphatic rings. The predicted octanol–water partition coefficient (Wildman–Crippen LogP) is 3.53. The quantitative estimate of drug-likeness (QED) is 0.803. The van der Waals surface area contributed by atoms with Gasteiger partial charge in [0.2, 0.25) is 0 Å². The highest BCUT2D eigenvalue weighted by Crippen LogP contribution is 2.17. The standard InChI is InChI=1S/C14H21F2N/c1-4-10(3)13(17-5-2)9-11-7-6-8-12(15)14(11)16/h6-8,10,13,17H,4-5,9H2,1-3H3. The lowest BCUT2D eigenvalue weighted by molar-refractivity contribution is 0.365. The van der Waals surface area contributed by atoms with Gasteiger partial charge >= 0.3 is 0 Å². The van der Waals surface area contributed by atoms with Gasteiger partial charge in [-0.3, -0.25) is 0 Å². The van der Waals surface area contributed by atoms with E-state index in [1.54, 1.807) is 12.1 Å². The lowest BCUT2D eigenvalue weighted by atomic mass is 9.92. The zero-order chi connectivity index (χ0) is 12.8. The second-order valence-corrected chi connectivity index (χ2v) is 4.47. The van der Waals surface area contributed by atoms with Gasteiger partial charge in [-0.1, -0.05) is 39.3 Å². The van der Waals surface area contributed by atoms with E-state index in [0.717, 1.165) is 19.0 Å². The lowest BCUT2D eigenvalue weighted by Crippen LogP contribution is -2.36. The van der Waals surface area contributed by atoms with Crippen LogP contribution in [0, 0.1) is 17.6 Å². The molecule has 96 valence electrons. The van der Waals surface area contributed by atoms with Crippen LogP contribution in [-0.2, 0) is 6.42 Å². The number of rotatable bonds is 6. The van der Waals surface area contributed by atoms with Gasteiger partial charge in [0, 0.05) is 6.04 Å². The summed E-state index contributed by atoms with van der Waals surface area (Å²) in [7, 11) is 0. The highest BCUT2D eigenvalue weighted by molar-refractivity contribution is 5.20. The molecule has 2 unspecified atom stereocenters. The molecule has 17 heavy (non-hydrogen) atoms. The molecule has 1 rings (SSSR count). The maximum atomic E-state index is 13.6. The van der Waals surface area contributed by atoms with Crippen molar-refractivity contribution in [2.75, 3.05) is 6.54 Å². The maximum absolute atomic E-state index is 13.6. The van der Waals surface area contributed by atoms with Crippen molar-refractivity contribution in [2.45, 2.75) is 39.7 Å². The summed E-state index contributed by atoms with van der Waals surface area (Å²) in [5.41, 5.74) is 0.455. The molecule has 0 aliphatic carbocycles. The van der Waals surface area contributed by atoms with Gasteiger partial charge in [0.15, 0.2) is 11.6 Å². The first-order valence-electron chi connectivity index (χ1n) is 6.26. The Hall–Kier alpha value is -0.960. The molecule has 0 heterocycles. The fourth-order valence-corrected chi connectivity index (χ4v) is 1.96. The first kappa shape index (κ1) is 14.1. The summed E-state index contributed by atoms with van der Waals surface area (Å²) < 4.78 is 26.7. The smallest absolute Gasteiger partial charge is 0.162 e. The minimum absolute atomic E-state index is 0.196. The molecule has 0 amide bonds. The minimum Gasteiger partial charge on any atom is -0.314 e. The van der Waals surface area contributed by atoms with Crippen molar-refractivity contribution >= 4 is 0 Å². The summed E-state index contributed by atoms with van der Waals surface area (Å²) in [4.78, 5) is 0. The third-order valence-electron chi connectivity index (χ3n) is 3.27. The second-order valence-electron chi connectivity index (χ2n) is 4.47. The summed E-state index contributed by atoms with van der Waals surface area (Å²) in [6, 6.07) is 4.57. The van der Waals surface area contributed by atoms with Crippen molar-refractivity contribution < 1.29 is 8.78 Å². The van der Waals surface area contributed by atoms with Crippen molar-refractivity contribution in [2.24, 2.45) is 5.92 Å². The maximum Gasteiger partial charge on any atom is 0.162 e. The predicted molar refractivity (Wildman–Crippen MR) is 67.0 cm³/mol. The molecule has 0 spiro atoms. The van der Waals surface area contributed by atoms with E-state index in [4.69, 9.17) is 0 Å². The van der Waals surface area contributed by atoms with Gasteiger partial charge in [-0.05, 0) is 30.5 Å². The summed E-state index contributed by atoms with van der Waals surface area (Å²) in [6.07, 6.45) is 1.56. The number of likely N-dealkylation sites (N-methyl/N-ethyl adjacent to an activating group) is 1. The summed E-state index contributed by atoms with van der Waals surface area (Å²) >= 11 is 0. The monoisotopic (exact) mass is 241 g/mol. The molecular weight excluding hydrogens is 220 g/mol. The Morgan fingerprint density at radius 1 is 1.24 bits per heavy atom. The number of hydrogen-bond acceptors (Lipinski definition) is 1. The van der Waals surface area contributed by atoms with Crippen LogP contribution in [-0.4, -0.2) is 12.6 Å². The van der Waals surface area contributed by atoms with Gasteiger partial charge in [-0.2, -0.15) is 0 Å². The molecule has 0 radical (unpaired) electrons. The number of hydrogen-bond donors (Lipinski definition) is 1. The molecule has 0 bridgehead atoms. The molecule has 0 saturated carbocycles. The van der Waals surface area contributed by atoms with E-state index in [9.17, 15) is 8.78 Å². The Morgan fingerprint density at radius 2 is 1.94 bits per heavy atom.